The number of ether oxygens (including phenoxy) is 8. The smallest absolute Gasteiger partial charge is 0.264 e. The third-order valence-electron chi connectivity index (χ3n) is 15.4. The van der Waals surface area contributed by atoms with Crippen molar-refractivity contribution in [3.63, 3.8) is 0 Å². The van der Waals surface area contributed by atoms with Crippen LogP contribution < -0.4 is 66.4 Å². The van der Waals surface area contributed by atoms with Crippen LogP contribution >= 0.6 is 0 Å². The standard InChI is InChI=1S/C61H48N6O10.C8H10.C2H6/c1-28(2)34-24-48(74-44-16-12-30(70-4)20-38(44)62)54-56-50(76-46-18-14-32(72-6)22-40(46)64)26-36-53-37(61(69)67-43-11-9-8-10-42(43)66-60(36)67)27-51(77-47-19-15-33(73-7)23-41(47)65)57(59(53)56)55-49(25-35(29(3)68)52(34)58(54)55)75-45-17-13-31(71-5)21-39(45)63;1-7-5-3-4-6-8(7)2;1-2/h8-27H,1,62-65H2,2-7H3;3-6H,1-2H3;1-2H3. The van der Waals surface area contributed by atoms with Gasteiger partial charge in [0.1, 0.15) is 51.6 Å². The zero-order chi connectivity index (χ0) is 61.7. The molecule has 0 atom stereocenters. The highest BCUT2D eigenvalue weighted by Gasteiger charge is 2.33. The minimum Gasteiger partial charge on any atom is -0.497 e. The number of methoxy groups -OCH3 is 4. The quantitative estimate of drug-likeness (QED) is 0.0343. The summed E-state index contributed by atoms with van der Waals surface area (Å²) in [5.41, 5.74) is 33.4. The molecular weight excluding hydrogens is 1100 g/mol. The SMILES string of the molecule is C=C(C)c1cc(Oc2ccc(OC)cc2N)c2c3c(Oc4ccc(OC)cc4N)cc4c5c(cc(Oc6ccc(OC)cc6N)c(c6c(Oc7ccc(OC)cc7N)cc(C(C)=O)c1c62)c35)c(=O)n1c2ccccc2nc41.CC.Cc1ccccc1C. The molecule has 0 bridgehead atoms. The molecule has 0 aliphatic rings. The Hall–Kier alpha value is -11.1. The lowest BCUT2D eigenvalue weighted by molar-refractivity contribution is 0.101. The minimum atomic E-state index is -0.384. The number of ketones is 1. The van der Waals surface area contributed by atoms with Crippen molar-refractivity contribution in [3.05, 3.63) is 185 Å². The fourth-order valence-corrected chi connectivity index (χ4v) is 11.1. The van der Waals surface area contributed by atoms with Gasteiger partial charge in [0.05, 0.1) is 67.6 Å². The van der Waals surface area contributed by atoms with Crippen molar-refractivity contribution in [1.29, 1.82) is 0 Å². The number of carbonyl (C=O) groups excluding carboxylic acids is 1. The van der Waals surface area contributed by atoms with Gasteiger partial charge < -0.3 is 60.8 Å². The average Bonchev–Trinajstić information content (AvgIpc) is 1.41. The molecule has 0 unspecified atom stereocenters. The molecular formula is C71H64N6O10. The van der Waals surface area contributed by atoms with Crippen molar-refractivity contribution >= 4 is 105 Å². The van der Waals surface area contributed by atoms with Crippen LogP contribution in [0.25, 0.3) is 76.1 Å². The summed E-state index contributed by atoms with van der Waals surface area (Å²) in [6, 6.07) is 43.1. The molecule has 13 aromatic rings. The topological polar surface area (TPSA) is 229 Å². The van der Waals surface area contributed by atoms with Crippen molar-refractivity contribution in [1.82, 2.24) is 9.38 Å². The predicted octanol–water partition coefficient (Wildman–Crippen LogP) is 16.6. The maximum absolute atomic E-state index is 15.6. The summed E-state index contributed by atoms with van der Waals surface area (Å²) in [5, 5.41) is 4.41. The molecule has 0 aliphatic carbocycles. The molecule has 2 aromatic heterocycles. The summed E-state index contributed by atoms with van der Waals surface area (Å²) in [5.74, 6) is 3.61. The highest BCUT2D eigenvalue weighted by molar-refractivity contribution is 6.43. The summed E-state index contributed by atoms with van der Waals surface area (Å²) >= 11 is 0. The minimum absolute atomic E-state index is 0.177. The van der Waals surface area contributed by atoms with Crippen molar-refractivity contribution < 1.29 is 42.7 Å². The van der Waals surface area contributed by atoms with Crippen molar-refractivity contribution in [2.75, 3.05) is 51.4 Å². The molecule has 0 aliphatic heterocycles. The molecule has 0 saturated heterocycles. The third kappa shape index (κ3) is 10.1. The number of aromatic nitrogens is 2. The molecule has 11 aromatic carbocycles. The number of anilines is 4. The average molecular weight is 1160 g/mol. The van der Waals surface area contributed by atoms with E-state index in [9.17, 15) is 4.79 Å². The Labute approximate surface area is 501 Å². The Balaban J connectivity index is 0.000000720. The molecule has 438 valence electrons. The van der Waals surface area contributed by atoms with Crippen molar-refractivity contribution in [2.45, 2.75) is 41.5 Å². The molecule has 16 heteroatoms. The molecule has 87 heavy (non-hydrogen) atoms. The van der Waals surface area contributed by atoms with Gasteiger partial charge in [-0.15, -0.1) is 0 Å². The fraction of sp³-hybridized carbons (Fsp3) is 0.141. The van der Waals surface area contributed by atoms with E-state index in [1.54, 1.807) is 104 Å². The number of para-hydroxylation sites is 2. The van der Waals surface area contributed by atoms with Gasteiger partial charge in [-0.3, -0.25) is 14.0 Å². The number of nitrogen functional groups attached to an aromatic ring is 4. The fourth-order valence-electron chi connectivity index (χ4n) is 11.1. The number of carbonyl (C=O) groups is 1. The van der Waals surface area contributed by atoms with Crippen LogP contribution in [0.4, 0.5) is 22.7 Å². The molecule has 16 nitrogen and oxygen atoms in total. The highest BCUT2D eigenvalue weighted by Crippen LogP contribution is 2.58. The number of fused-ring (bicyclic) bond motifs is 6. The van der Waals surface area contributed by atoms with E-state index in [1.807, 2.05) is 57.2 Å². The second kappa shape index (κ2) is 23.1. The second-order valence-corrected chi connectivity index (χ2v) is 20.7. The molecule has 0 spiro atoms. The second-order valence-electron chi connectivity index (χ2n) is 20.7. The molecule has 0 fully saturated rings. The Kier molecular flexibility index (Phi) is 15.3. The lowest BCUT2D eigenvalue weighted by Crippen LogP contribution is -2.14. The van der Waals surface area contributed by atoms with Crippen molar-refractivity contribution in [3.8, 4) is 69.0 Å². The number of benzene rings is 11. The van der Waals surface area contributed by atoms with E-state index in [4.69, 9.17) is 65.8 Å². The van der Waals surface area contributed by atoms with E-state index in [0.717, 1.165) is 0 Å². The maximum Gasteiger partial charge on any atom is 0.264 e. The van der Waals surface area contributed by atoms with Crippen LogP contribution in [0.1, 0.15) is 54.7 Å². The first-order chi connectivity index (χ1) is 42.0. The summed E-state index contributed by atoms with van der Waals surface area (Å²) in [6.07, 6.45) is 0. The number of rotatable bonds is 14. The van der Waals surface area contributed by atoms with E-state index in [0.29, 0.717) is 99.3 Å². The summed E-state index contributed by atoms with van der Waals surface area (Å²) in [6.45, 7) is 16.0. The molecule has 2 heterocycles. The number of hydrogen-bond acceptors (Lipinski definition) is 15. The lowest BCUT2D eigenvalue weighted by atomic mass is 9.82. The van der Waals surface area contributed by atoms with Crippen LogP contribution in [0, 0.1) is 13.8 Å². The first-order valence-electron chi connectivity index (χ1n) is 28.0. The third-order valence-corrected chi connectivity index (χ3v) is 15.4. The summed E-state index contributed by atoms with van der Waals surface area (Å²) in [7, 11) is 6.16. The van der Waals surface area contributed by atoms with Crippen molar-refractivity contribution in [2.24, 2.45) is 0 Å². The van der Waals surface area contributed by atoms with E-state index in [1.165, 1.54) is 32.3 Å². The maximum atomic E-state index is 15.6. The van der Waals surface area contributed by atoms with E-state index in [-0.39, 0.29) is 91.0 Å². The van der Waals surface area contributed by atoms with Gasteiger partial charge in [-0.05, 0) is 129 Å². The lowest BCUT2D eigenvalue weighted by Gasteiger charge is -2.26. The Morgan fingerprint density at radius 3 is 1.18 bits per heavy atom. The number of nitrogens with two attached hydrogens (primary N) is 4. The van der Waals surface area contributed by atoms with Crippen LogP contribution in [-0.4, -0.2) is 43.6 Å². The number of pyridine rings is 1. The Morgan fingerprint density at radius 2 is 0.805 bits per heavy atom. The molecule has 13 rings (SSSR count). The van der Waals surface area contributed by atoms with E-state index in [2.05, 4.69) is 44.7 Å². The molecule has 0 amide bonds. The number of hydrogen-bond donors (Lipinski definition) is 4. The van der Waals surface area contributed by atoms with Gasteiger partial charge in [0, 0.05) is 78.3 Å². The number of allylic oxidation sites excluding steroid dienone is 1. The van der Waals surface area contributed by atoms with Crippen LogP contribution in [0.15, 0.2) is 157 Å². The Bertz CT molecular complexity index is 4810. The van der Waals surface area contributed by atoms with Gasteiger partial charge in [-0.1, -0.05) is 62.4 Å². The normalized spacial score (nSPS) is 11.2. The first-order valence-corrected chi connectivity index (χ1v) is 28.0. The van der Waals surface area contributed by atoms with Gasteiger partial charge in [0.15, 0.2) is 28.8 Å². The summed E-state index contributed by atoms with van der Waals surface area (Å²) < 4.78 is 52.1. The molecule has 0 saturated carbocycles. The molecule has 8 N–H and O–H groups in total. The monoisotopic (exact) mass is 1160 g/mol. The molecule has 0 radical (unpaired) electrons. The zero-order valence-electron chi connectivity index (χ0n) is 49.8. The van der Waals surface area contributed by atoms with Gasteiger partial charge >= 0.3 is 0 Å². The van der Waals surface area contributed by atoms with E-state index >= 15 is 4.79 Å². The van der Waals surface area contributed by atoms with Gasteiger partial charge in [-0.25, -0.2) is 4.98 Å². The number of Topliss-reactive ketones (excluding diaryl/α,β-unsaturated/α-hetero) is 1. The van der Waals surface area contributed by atoms with Crippen LogP contribution in [0.2, 0.25) is 0 Å². The number of nitrogens with zero attached hydrogens (tertiary/aromatic N) is 2. The first kappa shape index (κ1) is 57.7. The number of imidazole rings is 1. The van der Waals surface area contributed by atoms with Crippen LogP contribution in [-0.2, 0) is 0 Å². The Morgan fingerprint density at radius 1 is 0.437 bits per heavy atom. The van der Waals surface area contributed by atoms with Crippen LogP contribution in [0.5, 0.6) is 69.0 Å². The van der Waals surface area contributed by atoms with Gasteiger partial charge in [0.25, 0.3) is 5.56 Å². The van der Waals surface area contributed by atoms with Gasteiger partial charge in [0.2, 0.25) is 0 Å². The summed E-state index contributed by atoms with van der Waals surface area (Å²) in [4.78, 5) is 35.2. The number of aryl methyl sites for hydroxylation is 2. The van der Waals surface area contributed by atoms with E-state index < -0.39 is 0 Å². The van der Waals surface area contributed by atoms with Gasteiger partial charge in [-0.2, -0.15) is 0 Å². The zero-order valence-corrected chi connectivity index (χ0v) is 49.8. The van der Waals surface area contributed by atoms with Crippen LogP contribution in [0.3, 0.4) is 0 Å². The largest absolute Gasteiger partial charge is 0.497 e. The predicted molar refractivity (Wildman–Crippen MR) is 351 cm³/mol. The highest BCUT2D eigenvalue weighted by atomic mass is 16.5.